The highest BCUT2D eigenvalue weighted by Crippen LogP contribution is 2.20. The van der Waals surface area contributed by atoms with Gasteiger partial charge in [0.25, 0.3) is 0 Å². The lowest BCUT2D eigenvalue weighted by Crippen LogP contribution is -2.50. The maximum Gasteiger partial charge on any atom is 0.407 e. The first-order valence-corrected chi connectivity index (χ1v) is 9.07. The van der Waals surface area contributed by atoms with E-state index in [9.17, 15) is 4.79 Å². The minimum atomic E-state index is -0.450. The first kappa shape index (κ1) is 17.3. The smallest absolute Gasteiger partial charge is 0.407 e. The predicted octanol–water partition coefficient (Wildman–Crippen LogP) is 4.06. The fourth-order valence-electron chi connectivity index (χ4n) is 2.83. The average Bonchev–Trinajstić information content (AvgIpc) is 2.83. The van der Waals surface area contributed by atoms with Crippen LogP contribution in [0, 0.1) is 0 Å². The zero-order chi connectivity index (χ0) is 16.0. The van der Waals surface area contributed by atoms with Gasteiger partial charge in [0.05, 0.1) is 0 Å². The molecule has 0 aliphatic heterocycles. The van der Waals surface area contributed by atoms with Gasteiger partial charge in [-0.15, -0.1) is 11.3 Å². The quantitative estimate of drug-likeness (QED) is 0.821. The van der Waals surface area contributed by atoms with Crippen molar-refractivity contribution in [3.63, 3.8) is 0 Å². The number of alkyl carbamates (subject to hydrolysis) is 1. The summed E-state index contributed by atoms with van der Waals surface area (Å²) in [5.41, 5.74) is -0.450. The fraction of sp³-hybridized carbons (Fsp3) is 0.706. The summed E-state index contributed by atoms with van der Waals surface area (Å²) in [6, 6.07) is 4.69. The maximum absolute atomic E-state index is 12.1. The van der Waals surface area contributed by atoms with Crippen LogP contribution in [0.4, 0.5) is 4.79 Å². The van der Waals surface area contributed by atoms with Crippen molar-refractivity contribution in [2.75, 3.05) is 0 Å². The average molecular weight is 324 g/mol. The van der Waals surface area contributed by atoms with Gasteiger partial charge in [-0.25, -0.2) is 4.79 Å². The van der Waals surface area contributed by atoms with Gasteiger partial charge < -0.3 is 15.4 Å². The molecule has 1 aliphatic rings. The van der Waals surface area contributed by atoms with Crippen molar-refractivity contribution in [3.8, 4) is 0 Å². The Bertz CT molecular complexity index is 454. The molecule has 1 amide bonds. The van der Waals surface area contributed by atoms with Crippen molar-refractivity contribution in [1.29, 1.82) is 0 Å². The number of hydrogen-bond acceptors (Lipinski definition) is 4. The standard InChI is InChI=1S/C17H28N2O2S/c1-17(2,3)21-16(20)19-15-10-6-4-5-9-14(15)18-12-13-8-7-11-22-13/h7-8,11,14-15,18H,4-6,9-10,12H2,1-3H3,(H,19,20). The molecule has 1 saturated carbocycles. The third kappa shape index (κ3) is 5.97. The van der Waals surface area contributed by atoms with E-state index in [-0.39, 0.29) is 12.1 Å². The molecular weight excluding hydrogens is 296 g/mol. The van der Waals surface area contributed by atoms with Gasteiger partial charge in [-0.05, 0) is 45.1 Å². The molecule has 1 aromatic rings. The van der Waals surface area contributed by atoms with Crippen LogP contribution in [0.5, 0.6) is 0 Å². The number of ether oxygens (including phenoxy) is 1. The van der Waals surface area contributed by atoms with Crippen LogP contribution in [0.15, 0.2) is 17.5 Å². The topological polar surface area (TPSA) is 50.4 Å². The molecule has 124 valence electrons. The lowest BCUT2D eigenvalue weighted by molar-refractivity contribution is 0.0489. The van der Waals surface area contributed by atoms with Crippen molar-refractivity contribution in [3.05, 3.63) is 22.4 Å². The van der Waals surface area contributed by atoms with E-state index in [1.807, 2.05) is 20.8 Å². The summed E-state index contributed by atoms with van der Waals surface area (Å²) in [6.07, 6.45) is 5.44. The van der Waals surface area contributed by atoms with E-state index in [1.54, 1.807) is 11.3 Å². The molecule has 2 rings (SSSR count). The lowest BCUT2D eigenvalue weighted by Gasteiger charge is -2.28. The van der Waals surface area contributed by atoms with Crippen LogP contribution in [-0.2, 0) is 11.3 Å². The van der Waals surface area contributed by atoms with Gasteiger partial charge in [-0.2, -0.15) is 0 Å². The number of amides is 1. The predicted molar refractivity (Wildman–Crippen MR) is 91.2 cm³/mol. The molecular formula is C17H28N2O2S. The van der Waals surface area contributed by atoms with Gasteiger partial charge in [-0.1, -0.05) is 25.3 Å². The van der Waals surface area contributed by atoms with Gasteiger partial charge in [-0.3, -0.25) is 0 Å². The maximum atomic E-state index is 12.1. The van der Waals surface area contributed by atoms with Gasteiger partial charge in [0.1, 0.15) is 5.60 Å². The van der Waals surface area contributed by atoms with Crippen LogP contribution in [-0.4, -0.2) is 23.8 Å². The minimum absolute atomic E-state index is 0.150. The first-order chi connectivity index (χ1) is 10.4. The largest absolute Gasteiger partial charge is 0.444 e. The molecule has 1 fully saturated rings. The second-order valence-corrected chi connectivity index (χ2v) is 7.99. The van der Waals surface area contributed by atoms with E-state index in [2.05, 4.69) is 28.1 Å². The van der Waals surface area contributed by atoms with Crippen LogP contribution in [0.1, 0.15) is 57.8 Å². The number of thiophene rings is 1. The summed E-state index contributed by atoms with van der Waals surface area (Å²) in [5, 5.41) is 8.80. The molecule has 1 aliphatic carbocycles. The Morgan fingerprint density at radius 1 is 1.27 bits per heavy atom. The highest BCUT2D eigenvalue weighted by Gasteiger charge is 2.27. The van der Waals surface area contributed by atoms with Gasteiger partial charge >= 0.3 is 6.09 Å². The molecule has 0 aromatic carbocycles. The zero-order valence-electron chi connectivity index (χ0n) is 13.9. The number of carbonyl (C=O) groups is 1. The Morgan fingerprint density at radius 3 is 2.64 bits per heavy atom. The Balaban J connectivity index is 1.90. The molecule has 5 heteroatoms. The third-order valence-electron chi connectivity index (χ3n) is 3.84. The lowest BCUT2D eigenvalue weighted by atomic mass is 10.0. The Kier molecular flexibility index (Phi) is 6.26. The molecule has 2 unspecified atom stereocenters. The SMILES string of the molecule is CC(C)(C)OC(=O)NC1CCCCCC1NCc1cccs1. The molecule has 0 radical (unpaired) electrons. The highest BCUT2D eigenvalue weighted by molar-refractivity contribution is 7.09. The van der Waals surface area contributed by atoms with Crippen LogP contribution in [0.25, 0.3) is 0 Å². The Hall–Kier alpha value is -1.07. The summed E-state index contributed by atoms with van der Waals surface area (Å²) >= 11 is 1.77. The number of hydrogen-bond donors (Lipinski definition) is 2. The van der Waals surface area contributed by atoms with E-state index in [0.717, 1.165) is 25.8 Å². The van der Waals surface area contributed by atoms with Crippen LogP contribution < -0.4 is 10.6 Å². The van der Waals surface area contributed by atoms with E-state index < -0.39 is 5.60 Å². The van der Waals surface area contributed by atoms with E-state index in [0.29, 0.717) is 6.04 Å². The van der Waals surface area contributed by atoms with E-state index in [1.165, 1.54) is 17.7 Å². The van der Waals surface area contributed by atoms with Crippen molar-refractivity contribution in [1.82, 2.24) is 10.6 Å². The minimum Gasteiger partial charge on any atom is -0.444 e. The first-order valence-electron chi connectivity index (χ1n) is 8.19. The molecule has 0 bridgehead atoms. The van der Waals surface area contributed by atoms with Gasteiger partial charge in [0, 0.05) is 23.5 Å². The second kappa shape index (κ2) is 7.97. The number of rotatable bonds is 4. The fourth-order valence-corrected chi connectivity index (χ4v) is 3.48. The Morgan fingerprint density at radius 2 is 2.00 bits per heavy atom. The highest BCUT2D eigenvalue weighted by atomic mass is 32.1. The summed E-state index contributed by atoms with van der Waals surface area (Å²) in [4.78, 5) is 13.4. The molecule has 22 heavy (non-hydrogen) atoms. The van der Waals surface area contributed by atoms with E-state index in [4.69, 9.17) is 4.74 Å². The molecule has 1 heterocycles. The normalized spacial score (nSPS) is 22.9. The Labute approximate surface area is 137 Å². The molecule has 2 atom stereocenters. The molecule has 0 saturated heterocycles. The molecule has 2 N–H and O–H groups in total. The zero-order valence-corrected chi connectivity index (χ0v) is 14.7. The number of carbonyl (C=O) groups excluding carboxylic acids is 1. The van der Waals surface area contributed by atoms with E-state index >= 15 is 0 Å². The third-order valence-corrected chi connectivity index (χ3v) is 4.71. The van der Waals surface area contributed by atoms with Crippen molar-refractivity contribution in [2.45, 2.75) is 77.1 Å². The van der Waals surface area contributed by atoms with Crippen molar-refractivity contribution >= 4 is 17.4 Å². The summed E-state index contributed by atoms with van der Waals surface area (Å²) in [5.74, 6) is 0. The molecule has 0 spiro atoms. The summed E-state index contributed by atoms with van der Waals surface area (Å²) in [7, 11) is 0. The van der Waals surface area contributed by atoms with Gasteiger partial charge in [0.2, 0.25) is 0 Å². The summed E-state index contributed by atoms with van der Waals surface area (Å²) < 4.78 is 5.40. The molecule has 4 nitrogen and oxygen atoms in total. The van der Waals surface area contributed by atoms with Crippen LogP contribution in [0.2, 0.25) is 0 Å². The second-order valence-electron chi connectivity index (χ2n) is 6.96. The van der Waals surface area contributed by atoms with Crippen LogP contribution in [0.3, 0.4) is 0 Å². The van der Waals surface area contributed by atoms with Crippen LogP contribution >= 0.6 is 11.3 Å². The summed E-state index contributed by atoms with van der Waals surface area (Å²) in [6.45, 7) is 6.55. The van der Waals surface area contributed by atoms with Crippen molar-refractivity contribution in [2.24, 2.45) is 0 Å². The number of nitrogens with one attached hydrogen (secondary N) is 2. The molecule has 1 aromatic heterocycles. The van der Waals surface area contributed by atoms with Gasteiger partial charge in [0.15, 0.2) is 0 Å². The monoisotopic (exact) mass is 324 g/mol. The van der Waals surface area contributed by atoms with Crippen molar-refractivity contribution < 1.29 is 9.53 Å².